The fraction of sp³-hybridized carbons (Fsp3) is 0.217. The lowest BCUT2D eigenvalue weighted by molar-refractivity contribution is -0.116. The maximum atomic E-state index is 12.9. The predicted molar refractivity (Wildman–Crippen MR) is 133 cm³/mol. The van der Waals surface area contributed by atoms with E-state index < -0.39 is 11.9 Å². The van der Waals surface area contributed by atoms with Gasteiger partial charge in [0.05, 0.1) is 18.3 Å². The van der Waals surface area contributed by atoms with Gasteiger partial charge in [-0.2, -0.15) is 0 Å². The molecule has 0 atom stereocenters. The average molecular weight is 502 g/mol. The first-order valence-electron chi connectivity index (χ1n) is 10.1. The molecule has 0 spiro atoms. The Labute approximate surface area is 202 Å². The van der Waals surface area contributed by atoms with Crippen molar-refractivity contribution in [3.63, 3.8) is 0 Å². The van der Waals surface area contributed by atoms with E-state index in [0.29, 0.717) is 25.8 Å². The summed E-state index contributed by atoms with van der Waals surface area (Å²) in [6.07, 6.45) is 1.37. The maximum absolute atomic E-state index is 12.9. The molecule has 3 aromatic heterocycles. The Morgan fingerprint density at radius 2 is 1.94 bits per heavy atom. The van der Waals surface area contributed by atoms with E-state index in [0.717, 1.165) is 16.0 Å². The number of esters is 1. The number of carbonyl (C=O) groups excluding carboxylic acids is 2. The molecule has 7 nitrogen and oxygen atoms in total. The smallest absolute Gasteiger partial charge is 0.341 e. The van der Waals surface area contributed by atoms with Crippen LogP contribution in [0.4, 0.5) is 5.00 Å². The van der Waals surface area contributed by atoms with Crippen LogP contribution in [0, 0.1) is 13.8 Å². The molecule has 33 heavy (non-hydrogen) atoms. The summed E-state index contributed by atoms with van der Waals surface area (Å²) in [5, 5.41) is 6.00. The SMILES string of the molecule is CCOC(=O)c1c(-c2ccc(Cl)cc2)csc1NC(=O)Cn1cnc2sc(C)c(C)c2c1=O. The molecule has 0 fully saturated rings. The molecular formula is C23H20ClN3O4S2. The molecular weight excluding hydrogens is 482 g/mol. The molecule has 4 aromatic rings. The molecule has 4 rings (SSSR count). The molecule has 1 amide bonds. The van der Waals surface area contributed by atoms with Crippen molar-refractivity contribution in [2.45, 2.75) is 27.3 Å². The van der Waals surface area contributed by atoms with Crippen LogP contribution in [-0.4, -0.2) is 28.0 Å². The highest BCUT2D eigenvalue weighted by Crippen LogP contribution is 2.36. The minimum atomic E-state index is -0.538. The molecule has 1 N–H and O–H groups in total. The van der Waals surface area contributed by atoms with E-state index in [4.69, 9.17) is 16.3 Å². The van der Waals surface area contributed by atoms with Crippen molar-refractivity contribution in [1.29, 1.82) is 0 Å². The summed E-state index contributed by atoms with van der Waals surface area (Å²) in [6, 6.07) is 7.05. The van der Waals surface area contributed by atoms with E-state index in [1.165, 1.54) is 33.6 Å². The number of thiophene rings is 2. The van der Waals surface area contributed by atoms with Gasteiger partial charge in [-0.3, -0.25) is 14.2 Å². The number of anilines is 1. The largest absolute Gasteiger partial charge is 0.462 e. The van der Waals surface area contributed by atoms with Crippen LogP contribution < -0.4 is 10.9 Å². The highest BCUT2D eigenvalue weighted by Gasteiger charge is 2.23. The first-order valence-corrected chi connectivity index (χ1v) is 12.2. The number of benzene rings is 1. The number of carbonyl (C=O) groups is 2. The molecule has 0 saturated heterocycles. The molecule has 10 heteroatoms. The normalized spacial score (nSPS) is 11.0. The summed E-state index contributed by atoms with van der Waals surface area (Å²) in [6.45, 7) is 5.49. The zero-order chi connectivity index (χ0) is 23.7. The minimum Gasteiger partial charge on any atom is -0.462 e. The number of amides is 1. The Balaban J connectivity index is 1.64. The third-order valence-electron chi connectivity index (χ3n) is 5.15. The summed E-state index contributed by atoms with van der Waals surface area (Å²) < 4.78 is 6.49. The lowest BCUT2D eigenvalue weighted by Gasteiger charge is -2.10. The van der Waals surface area contributed by atoms with E-state index >= 15 is 0 Å². The summed E-state index contributed by atoms with van der Waals surface area (Å²) in [5.74, 6) is -0.985. The van der Waals surface area contributed by atoms with Gasteiger partial charge in [0.25, 0.3) is 5.56 Å². The van der Waals surface area contributed by atoms with Crippen molar-refractivity contribution >= 4 is 61.4 Å². The minimum absolute atomic E-state index is 0.197. The fourth-order valence-corrected chi connectivity index (χ4v) is 5.49. The second-order valence-corrected chi connectivity index (χ2v) is 9.79. The van der Waals surface area contributed by atoms with Gasteiger partial charge in [0.1, 0.15) is 21.9 Å². The van der Waals surface area contributed by atoms with Crippen LogP contribution in [0.1, 0.15) is 27.7 Å². The monoisotopic (exact) mass is 501 g/mol. The number of rotatable bonds is 6. The molecule has 1 aromatic carbocycles. The van der Waals surface area contributed by atoms with Gasteiger partial charge in [0.2, 0.25) is 5.91 Å². The first kappa shape index (κ1) is 23.2. The second-order valence-electron chi connectivity index (χ2n) is 7.27. The Morgan fingerprint density at radius 3 is 2.64 bits per heavy atom. The van der Waals surface area contributed by atoms with Crippen LogP contribution in [0.3, 0.4) is 0 Å². The van der Waals surface area contributed by atoms with Gasteiger partial charge in [0, 0.05) is 20.8 Å². The number of ether oxygens (including phenoxy) is 1. The predicted octanol–water partition coefficient (Wildman–Crippen LogP) is 5.27. The second kappa shape index (κ2) is 9.46. The summed E-state index contributed by atoms with van der Waals surface area (Å²) in [7, 11) is 0. The number of hydrogen-bond donors (Lipinski definition) is 1. The molecule has 0 saturated carbocycles. The zero-order valence-corrected chi connectivity index (χ0v) is 20.5. The molecule has 170 valence electrons. The van der Waals surface area contributed by atoms with Crippen molar-refractivity contribution in [2.24, 2.45) is 0 Å². The van der Waals surface area contributed by atoms with E-state index in [1.807, 2.05) is 13.8 Å². The van der Waals surface area contributed by atoms with Crippen molar-refractivity contribution in [3.05, 3.63) is 67.4 Å². The van der Waals surface area contributed by atoms with Crippen LogP contribution in [0.25, 0.3) is 21.3 Å². The molecule has 0 unspecified atom stereocenters. The number of nitrogens with one attached hydrogen (secondary N) is 1. The number of aryl methyl sites for hydroxylation is 2. The highest BCUT2D eigenvalue weighted by atomic mass is 35.5. The summed E-state index contributed by atoms with van der Waals surface area (Å²) >= 11 is 8.65. The van der Waals surface area contributed by atoms with Gasteiger partial charge in [-0.1, -0.05) is 23.7 Å². The van der Waals surface area contributed by atoms with Crippen LogP contribution in [0.2, 0.25) is 5.02 Å². The van der Waals surface area contributed by atoms with Gasteiger partial charge in [-0.15, -0.1) is 22.7 Å². The molecule has 0 aliphatic rings. The lowest BCUT2D eigenvalue weighted by atomic mass is 10.0. The van der Waals surface area contributed by atoms with E-state index in [2.05, 4.69) is 10.3 Å². The van der Waals surface area contributed by atoms with Gasteiger partial charge < -0.3 is 10.1 Å². The average Bonchev–Trinajstić information content (AvgIpc) is 3.32. The van der Waals surface area contributed by atoms with Crippen molar-refractivity contribution in [1.82, 2.24) is 9.55 Å². The zero-order valence-electron chi connectivity index (χ0n) is 18.1. The van der Waals surface area contributed by atoms with Gasteiger partial charge in [-0.05, 0) is 44.0 Å². The molecule has 0 aliphatic carbocycles. The van der Waals surface area contributed by atoms with Gasteiger partial charge >= 0.3 is 5.97 Å². The Hall–Kier alpha value is -3.01. The number of nitrogens with zero attached hydrogens (tertiary/aromatic N) is 2. The topological polar surface area (TPSA) is 90.3 Å². The first-order chi connectivity index (χ1) is 15.8. The van der Waals surface area contributed by atoms with Crippen molar-refractivity contribution in [3.8, 4) is 11.1 Å². The van der Waals surface area contributed by atoms with E-state index in [9.17, 15) is 14.4 Å². The van der Waals surface area contributed by atoms with E-state index in [-0.39, 0.29) is 24.3 Å². The number of hydrogen-bond acceptors (Lipinski definition) is 7. The Bertz CT molecular complexity index is 1420. The Morgan fingerprint density at radius 1 is 1.21 bits per heavy atom. The standard InChI is InChI=1S/C23H20ClN3O4S2/c1-4-31-23(30)19-16(14-5-7-15(24)8-6-14)10-32-21(19)26-17(28)9-27-11-25-20-18(22(27)29)12(2)13(3)33-20/h5-8,10-11H,4,9H2,1-3H3,(H,26,28). The van der Waals surface area contributed by atoms with Crippen LogP contribution >= 0.6 is 34.3 Å². The maximum Gasteiger partial charge on any atom is 0.341 e. The van der Waals surface area contributed by atoms with Crippen molar-refractivity contribution in [2.75, 3.05) is 11.9 Å². The summed E-state index contributed by atoms with van der Waals surface area (Å²) in [5.41, 5.74) is 2.28. The number of aromatic nitrogens is 2. The third kappa shape index (κ3) is 4.57. The lowest BCUT2D eigenvalue weighted by Crippen LogP contribution is -2.28. The quantitative estimate of drug-likeness (QED) is 0.363. The van der Waals surface area contributed by atoms with Crippen LogP contribution in [0.15, 0.2) is 40.8 Å². The number of fused-ring (bicyclic) bond motifs is 1. The van der Waals surface area contributed by atoms with Crippen LogP contribution in [0.5, 0.6) is 0 Å². The fourth-order valence-electron chi connectivity index (χ4n) is 3.40. The highest BCUT2D eigenvalue weighted by molar-refractivity contribution is 7.18. The van der Waals surface area contributed by atoms with Crippen LogP contribution in [-0.2, 0) is 16.1 Å². The van der Waals surface area contributed by atoms with Gasteiger partial charge in [-0.25, -0.2) is 9.78 Å². The van der Waals surface area contributed by atoms with Gasteiger partial charge in [0.15, 0.2) is 0 Å². The summed E-state index contributed by atoms with van der Waals surface area (Å²) in [4.78, 5) is 44.4. The number of halogens is 1. The Kier molecular flexibility index (Phi) is 6.64. The van der Waals surface area contributed by atoms with E-state index in [1.54, 1.807) is 36.6 Å². The molecule has 0 bridgehead atoms. The molecule has 0 aliphatic heterocycles. The molecule has 3 heterocycles. The molecule has 0 radical (unpaired) electrons. The third-order valence-corrected chi connectivity index (χ3v) is 7.41. The van der Waals surface area contributed by atoms with Crippen molar-refractivity contribution < 1.29 is 14.3 Å².